The van der Waals surface area contributed by atoms with E-state index in [0.29, 0.717) is 83.1 Å². The number of likely N-dealkylation sites (tertiary alicyclic amines) is 3. The molecule has 11 rings (SSSR count). The van der Waals surface area contributed by atoms with Crippen molar-refractivity contribution in [2.24, 2.45) is 0 Å². The Bertz CT molecular complexity index is 3290. The molecule has 8 aromatic rings. The molecule has 4 aromatic heterocycles. The van der Waals surface area contributed by atoms with Crippen LogP contribution in [0.5, 0.6) is 23.0 Å². The maximum absolute atomic E-state index is 5.93. The topological polar surface area (TPSA) is 151 Å². The van der Waals surface area contributed by atoms with Gasteiger partial charge in [0, 0.05) is 65.6 Å². The van der Waals surface area contributed by atoms with Crippen molar-refractivity contribution in [2.75, 3.05) is 83.3 Å². The molecule has 3 fully saturated rings. The van der Waals surface area contributed by atoms with Gasteiger partial charge in [-0.2, -0.15) is 0 Å². The zero-order chi connectivity index (χ0) is 63.3. The highest BCUT2D eigenvalue weighted by atomic mass is 79.9. The van der Waals surface area contributed by atoms with E-state index in [9.17, 15) is 0 Å². The Morgan fingerprint density at radius 3 is 1.13 bits per heavy atom. The van der Waals surface area contributed by atoms with E-state index in [4.69, 9.17) is 99.6 Å². The number of nitrogens with zero attached hydrogens (tertiary/aromatic N) is 7. The second kappa shape index (κ2) is 39.4. The molecule has 90 heavy (non-hydrogen) atoms. The lowest BCUT2D eigenvalue weighted by Crippen LogP contribution is -2.29. The number of rotatable bonds is 27. The van der Waals surface area contributed by atoms with Crippen LogP contribution < -0.4 is 18.9 Å². The Balaban J connectivity index is 0.000000158. The summed E-state index contributed by atoms with van der Waals surface area (Å²) in [6.45, 7) is 13.6. The first-order valence-electron chi connectivity index (χ1n) is 30.8. The molecule has 0 N–H and O–H groups in total. The van der Waals surface area contributed by atoms with E-state index < -0.39 is 0 Å². The second-order valence-electron chi connectivity index (χ2n) is 21.8. The zero-order valence-corrected chi connectivity index (χ0v) is 59.4. The molecule has 486 valence electrons. The summed E-state index contributed by atoms with van der Waals surface area (Å²) in [5.74, 6) is 8.25. The molecule has 0 spiro atoms. The summed E-state index contributed by atoms with van der Waals surface area (Å²) >= 11 is 38.6. The highest BCUT2D eigenvalue weighted by Crippen LogP contribution is 2.32. The fourth-order valence-electron chi connectivity index (χ4n) is 10.1. The summed E-state index contributed by atoms with van der Waals surface area (Å²) in [6, 6.07) is 31.7. The van der Waals surface area contributed by atoms with Crippen LogP contribution in [-0.4, -0.2) is 124 Å². The highest BCUT2D eigenvalue weighted by Gasteiger charge is 2.22. The summed E-state index contributed by atoms with van der Waals surface area (Å²) in [4.78, 5) is 25.4. The third kappa shape index (κ3) is 23.3. The van der Waals surface area contributed by atoms with Crippen molar-refractivity contribution in [3.8, 4) is 68.8 Å². The smallest absolute Gasteiger partial charge is 0.227 e. The maximum atomic E-state index is 5.93. The van der Waals surface area contributed by atoms with Crippen molar-refractivity contribution in [2.45, 2.75) is 115 Å². The Hall–Kier alpha value is -4.31. The molecule has 3 aliphatic rings. The number of alkyl halides is 5. The van der Waals surface area contributed by atoms with Crippen LogP contribution in [0.4, 0.5) is 0 Å². The molecule has 7 heterocycles. The third-order valence-corrected chi connectivity index (χ3v) is 18.2. The zero-order valence-electron chi connectivity index (χ0n) is 50.8. The minimum atomic E-state index is 0.309. The molecule has 1 atom stereocenters. The molecule has 1 unspecified atom stereocenters. The largest absolute Gasteiger partial charge is 0.494 e. The van der Waals surface area contributed by atoms with Crippen LogP contribution in [-0.2, 0) is 24.8 Å². The lowest BCUT2D eigenvalue weighted by Gasteiger charge is -2.25. The number of halogens is 8. The number of hydrogen-bond acceptors (Lipinski definition) is 15. The summed E-state index contributed by atoms with van der Waals surface area (Å²) in [5.41, 5.74) is 7.08. The van der Waals surface area contributed by atoms with E-state index in [1.807, 2.05) is 97.1 Å². The van der Waals surface area contributed by atoms with Crippen LogP contribution in [0.2, 0.25) is 0 Å². The van der Waals surface area contributed by atoms with Gasteiger partial charge in [-0.25, -0.2) is 19.9 Å². The van der Waals surface area contributed by atoms with Gasteiger partial charge in [0.2, 0.25) is 23.6 Å². The molecule has 3 saturated heterocycles. The van der Waals surface area contributed by atoms with Gasteiger partial charge in [-0.1, -0.05) is 12.8 Å². The fraction of sp³-hybridized carbons (Fsp3) is 0.463. The SMILES string of the molecule is CC1CCCN1CCCOc1ccc(-c2nc(CN3CCCCC3)c(Br)o2)cc1.ClCCCOc1ccc(-c2nc(CCl)c(Br)o2)cc1.ClCCCOc1ccc(-c2nc(CCl)co2)cc1.ClCCCOc1ccc(-c2nc(CN3CCCCC3)c(Br)o2)cc1. The summed E-state index contributed by atoms with van der Waals surface area (Å²) < 4.78 is 47.1. The fourth-order valence-corrected chi connectivity index (χ4v) is 12.0. The number of ether oxygens (including phenoxy) is 4. The quantitative estimate of drug-likeness (QED) is 0.0354. The lowest BCUT2D eigenvalue weighted by molar-refractivity contribution is 0.218. The molecule has 23 heteroatoms. The minimum Gasteiger partial charge on any atom is -0.494 e. The molecule has 4 aromatic carbocycles. The summed E-state index contributed by atoms with van der Waals surface area (Å²) in [6.07, 6.45) is 15.6. The van der Waals surface area contributed by atoms with Crippen molar-refractivity contribution < 1.29 is 36.6 Å². The van der Waals surface area contributed by atoms with Crippen LogP contribution in [0.1, 0.15) is 107 Å². The molecule has 0 radical (unpaired) electrons. The van der Waals surface area contributed by atoms with Gasteiger partial charge in [-0.3, -0.25) is 9.80 Å². The van der Waals surface area contributed by atoms with E-state index >= 15 is 0 Å². The van der Waals surface area contributed by atoms with Crippen LogP contribution in [0.15, 0.2) is 135 Å². The Kier molecular flexibility index (Phi) is 31.3. The van der Waals surface area contributed by atoms with Gasteiger partial charge < -0.3 is 41.5 Å². The van der Waals surface area contributed by atoms with Gasteiger partial charge in [0.25, 0.3) is 0 Å². The molecule has 3 aliphatic heterocycles. The predicted octanol–water partition coefficient (Wildman–Crippen LogP) is 19.4. The predicted molar refractivity (Wildman–Crippen MR) is 371 cm³/mol. The number of hydrogen-bond donors (Lipinski definition) is 0. The van der Waals surface area contributed by atoms with Crippen LogP contribution >= 0.6 is 106 Å². The summed E-state index contributed by atoms with van der Waals surface area (Å²) in [7, 11) is 0. The standard InChI is InChI=1S/C23H32BrN3O2.C18H22BrClN2O2.C13H12BrCl2NO2.C13H13Cl2NO2/c1-18-7-5-14-27(18)15-6-16-28-20-10-8-19(9-11-20)23-25-21(22(24)29-23)17-26-12-3-2-4-13-26;19-17-16(13-22-10-2-1-3-11-22)21-18(24-17)14-5-7-15(8-6-14)23-12-4-9-20;14-12-11(8-16)17-13(19-12)9-2-4-10(5-3-9)18-7-1-6-15;14-6-1-7-17-12-4-2-10(3-5-12)13-16-11(8-15)9-18-13/h8-11,18H,2-7,12-17H2,1H3;5-8H,1-4,9-13H2;2-5H,1,6-8H2;2-5,9H,1,6-8H2. The van der Waals surface area contributed by atoms with Gasteiger partial charge in [-0.15, -0.1) is 58.0 Å². The monoisotopic (exact) mass is 1520 g/mol. The van der Waals surface area contributed by atoms with Crippen LogP contribution in [0.3, 0.4) is 0 Å². The van der Waals surface area contributed by atoms with Gasteiger partial charge >= 0.3 is 0 Å². The molecule has 15 nitrogen and oxygen atoms in total. The van der Waals surface area contributed by atoms with Crippen LogP contribution in [0.25, 0.3) is 45.8 Å². The Morgan fingerprint density at radius 2 is 0.800 bits per heavy atom. The molecular formula is C67H79Br3Cl5N7O8. The second-order valence-corrected chi connectivity index (χ2v) is 25.6. The average Bonchev–Trinajstić information content (AvgIpc) is 3.51. The first kappa shape index (κ1) is 71.5. The summed E-state index contributed by atoms with van der Waals surface area (Å²) in [5, 5.41) is 0. The number of oxazole rings is 4. The maximum Gasteiger partial charge on any atom is 0.227 e. The molecule has 0 aliphatic carbocycles. The van der Waals surface area contributed by atoms with E-state index in [1.165, 1.54) is 57.9 Å². The van der Waals surface area contributed by atoms with Gasteiger partial charge in [0.15, 0.2) is 14.0 Å². The highest BCUT2D eigenvalue weighted by molar-refractivity contribution is 9.11. The minimum absolute atomic E-state index is 0.309. The molecule has 0 bridgehead atoms. The van der Waals surface area contributed by atoms with E-state index in [0.717, 1.165) is 156 Å². The Labute approximate surface area is 579 Å². The van der Waals surface area contributed by atoms with Crippen LogP contribution in [0, 0.1) is 0 Å². The van der Waals surface area contributed by atoms with Gasteiger partial charge in [-0.05, 0) is 249 Å². The van der Waals surface area contributed by atoms with Crippen molar-refractivity contribution >= 4 is 106 Å². The van der Waals surface area contributed by atoms with Crippen molar-refractivity contribution in [3.63, 3.8) is 0 Å². The number of aromatic nitrogens is 4. The molecule has 0 amide bonds. The normalized spacial score (nSPS) is 15.3. The van der Waals surface area contributed by atoms with E-state index in [-0.39, 0.29) is 0 Å². The van der Waals surface area contributed by atoms with Crippen molar-refractivity contribution in [1.29, 1.82) is 0 Å². The molecule has 0 saturated carbocycles. The Morgan fingerprint density at radius 1 is 0.433 bits per heavy atom. The first-order valence-corrected chi connectivity index (χ1v) is 35.9. The first-order chi connectivity index (χ1) is 44.0. The van der Waals surface area contributed by atoms with E-state index in [1.54, 1.807) is 6.26 Å². The van der Waals surface area contributed by atoms with Gasteiger partial charge in [0.05, 0.1) is 43.9 Å². The molecular weight excluding hydrogens is 1450 g/mol. The van der Waals surface area contributed by atoms with E-state index in [2.05, 4.69) is 84.4 Å². The third-order valence-electron chi connectivity index (χ3n) is 15.0. The van der Waals surface area contributed by atoms with Crippen molar-refractivity contribution in [3.05, 3.63) is 140 Å². The van der Waals surface area contributed by atoms with Gasteiger partial charge in [0.1, 0.15) is 46.3 Å². The van der Waals surface area contributed by atoms with Crippen molar-refractivity contribution in [1.82, 2.24) is 34.6 Å². The number of piperidine rings is 2. The number of benzene rings is 4. The average molecular weight is 1530 g/mol. The lowest BCUT2D eigenvalue weighted by atomic mass is 10.1.